The van der Waals surface area contributed by atoms with E-state index in [1.165, 1.54) is 44.6 Å². The van der Waals surface area contributed by atoms with Crippen LogP contribution in [0.1, 0.15) is 44.7 Å². The molecule has 1 heteroatoms. The molecule has 164 valence electrons. The van der Waals surface area contributed by atoms with Crippen LogP contribution >= 0.6 is 0 Å². The predicted molar refractivity (Wildman–Crippen MR) is 141 cm³/mol. The average molecular weight is 422 g/mol. The van der Waals surface area contributed by atoms with Gasteiger partial charge in [-0.3, -0.25) is 0 Å². The highest BCUT2D eigenvalue weighted by Crippen LogP contribution is 2.44. The van der Waals surface area contributed by atoms with Crippen LogP contribution in [0.5, 0.6) is 0 Å². The van der Waals surface area contributed by atoms with Crippen molar-refractivity contribution in [2.24, 2.45) is 11.7 Å². The van der Waals surface area contributed by atoms with Gasteiger partial charge in [-0.25, -0.2) is 0 Å². The van der Waals surface area contributed by atoms with Gasteiger partial charge in [-0.1, -0.05) is 97.5 Å². The molecule has 0 saturated heterocycles. The highest BCUT2D eigenvalue weighted by Gasteiger charge is 2.25. The number of rotatable bonds is 6. The van der Waals surface area contributed by atoms with Crippen molar-refractivity contribution in [1.82, 2.24) is 0 Å². The van der Waals surface area contributed by atoms with Crippen LogP contribution in [0, 0.1) is 12.8 Å². The highest BCUT2D eigenvalue weighted by atomic mass is 14.5. The molecule has 0 saturated carbocycles. The van der Waals surface area contributed by atoms with E-state index in [4.69, 9.17) is 5.73 Å². The molecule has 1 unspecified atom stereocenters. The van der Waals surface area contributed by atoms with Crippen LogP contribution in [-0.4, -0.2) is 0 Å². The molecule has 2 N–H and O–H groups in total. The Morgan fingerprint density at radius 3 is 2.69 bits per heavy atom. The maximum atomic E-state index is 5.66. The minimum absolute atomic E-state index is 0.493. The summed E-state index contributed by atoms with van der Waals surface area (Å²) in [5, 5.41) is 0. The van der Waals surface area contributed by atoms with Crippen LogP contribution in [0.2, 0.25) is 0 Å². The van der Waals surface area contributed by atoms with Gasteiger partial charge in [-0.05, 0) is 90.8 Å². The van der Waals surface area contributed by atoms with E-state index in [-0.39, 0.29) is 0 Å². The van der Waals surface area contributed by atoms with Crippen molar-refractivity contribution in [3.05, 3.63) is 136 Å². The van der Waals surface area contributed by atoms with E-state index in [0.29, 0.717) is 5.92 Å². The summed E-state index contributed by atoms with van der Waals surface area (Å²) in [4.78, 5) is 0. The Balaban J connectivity index is 2.31. The molecule has 0 spiro atoms. The van der Waals surface area contributed by atoms with E-state index >= 15 is 0 Å². The van der Waals surface area contributed by atoms with Crippen molar-refractivity contribution >= 4 is 5.57 Å². The fourth-order valence-corrected chi connectivity index (χ4v) is 4.30. The van der Waals surface area contributed by atoms with Gasteiger partial charge in [0.1, 0.15) is 0 Å². The van der Waals surface area contributed by atoms with Crippen molar-refractivity contribution in [2.75, 3.05) is 0 Å². The average Bonchev–Trinajstić information content (AvgIpc) is 2.80. The molecule has 1 aromatic rings. The van der Waals surface area contributed by atoms with Gasteiger partial charge in [-0.15, -0.1) is 0 Å². The minimum Gasteiger partial charge on any atom is -0.405 e. The molecule has 1 aromatic carbocycles. The standard InChI is InChI=1S/C31H35N/c1-6-22(2)16-17-25(5)29-20-26(13-10-18-32)21-30(28-15-8-7-12-24(28)4)31(29)27-14-9-11-23(3)19-27/h6-11,13-20,24H,1,12,21,32H2,2-5H3/b18-10-,22-16-,25-17+,26-13-. The van der Waals surface area contributed by atoms with E-state index in [1.54, 1.807) is 6.20 Å². The molecule has 1 atom stereocenters. The summed E-state index contributed by atoms with van der Waals surface area (Å²) in [5.41, 5.74) is 17.3. The Morgan fingerprint density at radius 2 is 2.00 bits per heavy atom. The molecule has 0 aromatic heterocycles. The van der Waals surface area contributed by atoms with E-state index < -0.39 is 0 Å². The molecule has 0 bridgehead atoms. The van der Waals surface area contributed by atoms with Gasteiger partial charge in [0.2, 0.25) is 0 Å². The van der Waals surface area contributed by atoms with Crippen LogP contribution in [0.15, 0.2) is 125 Å². The van der Waals surface area contributed by atoms with Crippen LogP contribution in [-0.2, 0) is 0 Å². The molecular weight excluding hydrogens is 386 g/mol. The third-order valence-corrected chi connectivity index (χ3v) is 6.13. The summed E-state index contributed by atoms with van der Waals surface area (Å²) in [7, 11) is 0. The summed E-state index contributed by atoms with van der Waals surface area (Å²) in [6.07, 6.45) is 23.0. The number of benzene rings is 1. The Bertz CT molecular complexity index is 1120. The van der Waals surface area contributed by atoms with Gasteiger partial charge in [-0.2, -0.15) is 0 Å². The van der Waals surface area contributed by atoms with E-state index in [2.05, 4.69) is 101 Å². The fraction of sp³-hybridized carbons (Fsp3) is 0.226. The Kier molecular flexibility index (Phi) is 7.89. The van der Waals surface area contributed by atoms with E-state index in [1.807, 2.05) is 12.2 Å². The smallest absolute Gasteiger partial charge is 0.00163 e. The zero-order valence-corrected chi connectivity index (χ0v) is 19.9. The number of allylic oxidation sites excluding steroid dienone is 16. The Hall–Kier alpha value is -3.32. The first-order valence-corrected chi connectivity index (χ1v) is 11.4. The van der Waals surface area contributed by atoms with Gasteiger partial charge in [0.05, 0.1) is 0 Å². The lowest BCUT2D eigenvalue weighted by Gasteiger charge is -2.29. The lowest BCUT2D eigenvalue weighted by atomic mass is 9.74. The number of hydrogen-bond donors (Lipinski definition) is 1. The largest absolute Gasteiger partial charge is 0.405 e. The molecule has 2 aliphatic rings. The van der Waals surface area contributed by atoms with Gasteiger partial charge in [0.15, 0.2) is 0 Å². The zero-order valence-electron chi connectivity index (χ0n) is 19.9. The van der Waals surface area contributed by atoms with E-state index in [9.17, 15) is 0 Å². The number of nitrogens with two attached hydrogens (primary N) is 1. The first-order chi connectivity index (χ1) is 15.4. The number of hydrogen-bond acceptors (Lipinski definition) is 1. The topological polar surface area (TPSA) is 26.0 Å². The fourth-order valence-electron chi connectivity index (χ4n) is 4.30. The molecule has 1 nitrogen and oxygen atoms in total. The second-order valence-electron chi connectivity index (χ2n) is 8.74. The molecule has 0 radical (unpaired) electrons. The monoisotopic (exact) mass is 421 g/mol. The summed E-state index contributed by atoms with van der Waals surface area (Å²) in [6, 6.07) is 8.87. The van der Waals surface area contributed by atoms with Crippen molar-refractivity contribution in [2.45, 2.75) is 40.5 Å². The predicted octanol–water partition coefficient (Wildman–Crippen LogP) is 8.08. The molecule has 0 amide bonds. The van der Waals surface area contributed by atoms with Crippen LogP contribution in [0.3, 0.4) is 0 Å². The van der Waals surface area contributed by atoms with Crippen molar-refractivity contribution < 1.29 is 0 Å². The lowest BCUT2D eigenvalue weighted by molar-refractivity contribution is 0.689. The zero-order chi connectivity index (χ0) is 23.1. The van der Waals surface area contributed by atoms with Crippen molar-refractivity contribution in [1.29, 1.82) is 0 Å². The Morgan fingerprint density at radius 1 is 1.19 bits per heavy atom. The highest BCUT2D eigenvalue weighted by molar-refractivity contribution is 5.90. The molecule has 2 aliphatic carbocycles. The van der Waals surface area contributed by atoms with Crippen LogP contribution < -0.4 is 5.73 Å². The molecule has 3 rings (SSSR count). The molecule has 0 fully saturated rings. The van der Waals surface area contributed by atoms with Crippen LogP contribution in [0.25, 0.3) is 5.57 Å². The van der Waals surface area contributed by atoms with Crippen molar-refractivity contribution in [3.8, 4) is 0 Å². The maximum Gasteiger partial charge on any atom is -0.00163 e. The summed E-state index contributed by atoms with van der Waals surface area (Å²) in [6.45, 7) is 12.7. The molecule has 0 heterocycles. The van der Waals surface area contributed by atoms with Gasteiger partial charge in [0.25, 0.3) is 0 Å². The SMILES string of the molecule is C=C/C(C)=C\C=C(/C)C1=C/C(=C/C=C\N)CC(C2=CC=CCC2C)=C1c1cccc(C)c1. The summed E-state index contributed by atoms with van der Waals surface area (Å²) >= 11 is 0. The summed E-state index contributed by atoms with van der Waals surface area (Å²) in [5.74, 6) is 0.493. The normalized spacial score (nSPS) is 21.2. The molecule has 32 heavy (non-hydrogen) atoms. The summed E-state index contributed by atoms with van der Waals surface area (Å²) < 4.78 is 0. The molecule has 0 aliphatic heterocycles. The maximum absolute atomic E-state index is 5.66. The quantitative estimate of drug-likeness (QED) is 0.462. The second kappa shape index (κ2) is 10.8. The number of aryl methyl sites for hydroxylation is 1. The lowest BCUT2D eigenvalue weighted by Crippen LogP contribution is -2.12. The van der Waals surface area contributed by atoms with Crippen LogP contribution in [0.4, 0.5) is 0 Å². The third-order valence-electron chi connectivity index (χ3n) is 6.13. The van der Waals surface area contributed by atoms with Gasteiger partial charge < -0.3 is 5.73 Å². The minimum atomic E-state index is 0.493. The Labute approximate surface area is 194 Å². The van der Waals surface area contributed by atoms with E-state index in [0.717, 1.165) is 18.4 Å². The van der Waals surface area contributed by atoms with Crippen molar-refractivity contribution in [3.63, 3.8) is 0 Å². The molecular formula is C31H35N. The third kappa shape index (κ3) is 5.48. The van der Waals surface area contributed by atoms with Gasteiger partial charge >= 0.3 is 0 Å². The second-order valence-corrected chi connectivity index (χ2v) is 8.74. The first-order valence-electron chi connectivity index (χ1n) is 11.4. The first kappa shape index (κ1) is 23.3. The van der Waals surface area contributed by atoms with Gasteiger partial charge in [0, 0.05) is 0 Å².